The minimum Gasteiger partial charge on any atom is -0.494 e. The predicted octanol–water partition coefficient (Wildman–Crippen LogP) is 5.84. The Morgan fingerprint density at radius 3 is 2.24 bits per heavy atom. The van der Waals surface area contributed by atoms with E-state index in [0.29, 0.717) is 57.4 Å². The van der Waals surface area contributed by atoms with Crippen molar-refractivity contribution in [3.63, 3.8) is 0 Å². The molecule has 0 bridgehead atoms. The first-order valence-electron chi connectivity index (χ1n) is 15.8. The van der Waals surface area contributed by atoms with Gasteiger partial charge < -0.3 is 19.3 Å². The molecule has 2 N–H and O–H groups in total. The summed E-state index contributed by atoms with van der Waals surface area (Å²) in [6, 6.07) is 35.9. The van der Waals surface area contributed by atoms with E-state index in [0.717, 1.165) is 27.8 Å². The van der Waals surface area contributed by atoms with Gasteiger partial charge in [0.05, 0.1) is 19.8 Å². The number of hydrogen-bond acceptors (Lipinski definition) is 7. The Morgan fingerprint density at radius 2 is 1.54 bits per heavy atom. The van der Waals surface area contributed by atoms with Crippen LogP contribution in [0.4, 0.5) is 0 Å². The number of morpholine rings is 1. The third-order valence-electron chi connectivity index (χ3n) is 8.16. The van der Waals surface area contributed by atoms with Crippen LogP contribution in [-0.2, 0) is 14.3 Å². The number of carbonyl (C=O) groups is 1. The molecule has 2 atom stereocenters. The van der Waals surface area contributed by atoms with Crippen molar-refractivity contribution in [3.05, 3.63) is 132 Å². The number of amides is 1. The molecule has 4 aromatic carbocycles. The van der Waals surface area contributed by atoms with E-state index in [-0.39, 0.29) is 12.5 Å². The third-order valence-corrected chi connectivity index (χ3v) is 8.16. The van der Waals surface area contributed by atoms with Gasteiger partial charge in [0, 0.05) is 38.1 Å². The summed E-state index contributed by atoms with van der Waals surface area (Å²) in [5, 5.41) is 11.0. The molecule has 2 aliphatic rings. The summed E-state index contributed by atoms with van der Waals surface area (Å²) in [5.41, 5.74) is 6.69. The third kappa shape index (κ3) is 7.37. The molecule has 1 fully saturated rings. The molecule has 0 radical (unpaired) electrons. The molecule has 2 aliphatic heterocycles. The van der Waals surface area contributed by atoms with Crippen molar-refractivity contribution < 1.29 is 24.1 Å². The van der Waals surface area contributed by atoms with Gasteiger partial charge in [-0.25, -0.2) is 10.0 Å². The number of benzene rings is 4. The fourth-order valence-corrected chi connectivity index (χ4v) is 5.65. The van der Waals surface area contributed by atoms with Crippen LogP contribution < -0.4 is 10.2 Å². The van der Waals surface area contributed by atoms with Crippen LogP contribution in [0.1, 0.15) is 35.6 Å². The first-order chi connectivity index (χ1) is 22.6. The van der Waals surface area contributed by atoms with E-state index in [9.17, 15) is 4.79 Å². The Bertz CT molecular complexity index is 1620. The van der Waals surface area contributed by atoms with Gasteiger partial charge in [-0.2, -0.15) is 0 Å². The Hall–Kier alpha value is -4.76. The van der Waals surface area contributed by atoms with Gasteiger partial charge in [-0.05, 0) is 46.5 Å². The summed E-state index contributed by atoms with van der Waals surface area (Å²) in [4.78, 5) is 19.6. The van der Waals surface area contributed by atoms with Crippen molar-refractivity contribution in [1.29, 1.82) is 0 Å². The van der Waals surface area contributed by atoms with E-state index < -0.39 is 11.6 Å². The molecule has 0 spiro atoms. The van der Waals surface area contributed by atoms with Gasteiger partial charge >= 0.3 is 0 Å². The van der Waals surface area contributed by atoms with Crippen molar-refractivity contribution in [3.8, 4) is 16.9 Å². The second-order valence-corrected chi connectivity index (χ2v) is 11.3. The highest BCUT2D eigenvalue weighted by atomic mass is 16.5. The maximum Gasteiger partial charge on any atom is 0.266 e. The van der Waals surface area contributed by atoms with Crippen LogP contribution in [0.5, 0.6) is 5.75 Å². The molecule has 6 rings (SSSR count). The van der Waals surface area contributed by atoms with Gasteiger partial charge in [-0.15, -0.1) is 0 Å². The summed E-state index contributed by atoms with van der Waals surface area (Å²) < 4.78 is 17.9. The minimum absolute atomic E-state index is 0.0732. The van der Waals surface area contributed by atoms with E-state index in [1.165, 1.54) is 0 Å². The standard InChI is InChI=1S/C38H39N3O5/c42-25-8-26-45-34-20-18-33(19-21-34)36-39-38(22-7-11-29-9-3-1-4-10-29,37(43)40-41-23-27-44-28-24-41)35(46-36)32-16-14-31(15-17-32)30-12-5-2-6-13-30/h1-7,9-21,35,42H,8,22-28H2,(H,40,43)/b11-7+/t35-,38-/m0/s1. The first-order valence-corrected chi connectivity index (χ1v) is 15.8. The molecule has 0 saturated carbocycles. The molecule has 236 valence electrons. The number of hydrazine groups is 1. The molecule has 4 aromatic rings. The number of aliphatic hydroxyl groups excluding tert-OH is 1. The van der Waals surface area contributed by atoms with Crippen LogP contribution >= 0.6 is 0 Å². The van der Waals surface area contributed by atoms with Crippen molar-refractivity contribution in [2.45, 2.75) is 24.5 Å². The Kier molecular flexibility index (Phi) is 10.2. The van der Waals surface area contributed by atoms with E-state index >= 15 is 0 Å². The molecule has 1 saturated heterocycles. The van der Waals surface area contributed by atoms with Crippen LogP contribution in [0.3, 0.4) is 0 Å². The molecular weight excluding hydrogens is 578 g/mol. The first kappa shape index (κ1) is 31.2. The maximum absolute atomic E-state index is 14.5. The highest BCUT2D eigenvalue weighted by Gasteiger charge is 2.53. The SMILES string of the molecule is O=C(NN1CCOCC1)[C@@]1(C/C=C/c2ccccc2)N=C(c2ccc(OCCCO)cc2)O[C@H]1c1ccc(-c2ccccc2)cc1. The molecule has 8 heteroatoms. The van der Waals surface area contributed by atoms with Gasteiger partial charge in [-0.1, -0.05) is 97.1 Å². The number of carbonyl (C=O) groups excluding carboxylic acids is 1. The normalized spacial score (nSPS) is 19.8. The quantitative estimate of drug-likeness (QED) is 0.194. The molecule has 8 nitrogen and oxygen atoms in total. The van der Waals surface area contributed by atoms with Crippen LogP contribution in [0.25, 0.3) is 17.2 Å². The smallest absolute Gasteiger partial charge is 0.266 e. The summed E-state index contributed by atoms with van der Waals surface area (Å²) >= 11 is 0. The molecular formula is C38H39N3O5. The summed E-state index contributed by atoms with van der Waals surface area (Å²) in [6.45, 7) is 2.77. The lowest BCUT2D eigenvalue weighted by Crippen LogP contribution is -2.56. The molecule has 2 heterocycles. The zero-order chi connectivity index (χ0) is 31.6. The molecule has 0 aromatic heterocycles. The average molecular weight is 618 g/mol. The monoisotopic (exact) mass is 617 g/mol. The second-order valence-electron chi connectivity index (χ2n) is 11.3. The van der Waals surface area contributed by atoms with Gasteiger partial charge in [0.1, 0.15) is 5.75 Å². The number of ether oxygens (including phenoxy) is 3. The van der Waals surface area contributed by atoms with E-state index in [2.05, 4.69) is 29.7 Å². The highest BCUT2D eigenvalue weighted by Crippen LogP contribution is 2.43. The average Bonchev–Trinajstić information content (AvgIpc) is 3.51. The van der Waals surface area contributed by atoms with E-state index in [1.54, 1.807) is 0 Å². The maximum atomic E-state index is 14.5. The van der Waals surface area contributed by atoms with Gasteiger partial charge in [-0.3, -0.25) is 10.2 Å². The van der Waals surface area contributed by atoms with Crippen molar-refractivity contribution >= 4 is 17.9 Å². The number of rotatable bonds is 12. The predicted molar refractivity (Wildman–Crippen MR) is 179 cm³/mol. The lowest BCUT2D eigenvalue weighted by Gasteiger charge is -2.34. The largest absolute Gasteiger partial charge is 0.494 e. The lowest BCUT2D eigenvalue weighted by molar-refractivity contribution is -0.136. The van der Waals surface area contributed by atoms with Crippen LogP contribution in [0, 0.1) is 0 Å². The Balaban J connectivity index is 1.37. The summed E-state index contributed by atoms with van der Waals surface area (Å²) in [7, 11) is 0. The molecule has 1 amide bonds. The van der Waals surface area contributed by atoms with E-state index in [4.69, 9.17) is 24.3 Å². The second kappa shape index (κ2) is 15.0. The number of aliphatic hydroxyl groups is 1. The number of nitrogens with one attached hydrogen (secondary N) is 1. The fraction of sp³-hybridized carbons (Fsp3) is 0.263. The molecule has 0 unspecified atom stereocenters. The highest BCUT2D eigenvalue weighted by molar-refractivity contribution is 6.01. The fourth-order valence-electron chi connectivity index (χ4n) is 5.65. The lowest BCUT2D eigenvalue weighted by atomic mass is 9.84. The van der Waals surface area contributed by atoms with Crippen LogP contribution in [0.15, 0.2) is 120 Å². The van der Waals surface area contributed by atoms with Crippen LogP contribution in [0.2, 0.25) is 0 Å². The number of nitrogens with zero attached hydrogens (tertiary/aromatic N) is 2. The van der Waals surface area contributed by atoms with Gasteiger partial charge in [0.25, 0.3) is 5.91 Å². The summed E-state index contributed by atoms with van der Waals surface area (Å²) in [5.74, 6) is 0.846. The number of aliphatic imine (C=N–C) groups is 1. The Morgan fingerprint density at radius 1 is 0.891 bits per heavy atom. The van der Waals surface area contributed by atoms with Crippen molar-refractivity contribution in [1.82, 2.24) is 10.4 Å². The molecule has 46 heavy (non-hydrogen) atoms. The van der Waals surface area contributed by atoms with Crippen molar-refractivity contribution in [2.24, 2.45) is 4.99 Å². The molecule has 0 aliphatic carbocycles. The van der Waals surface area contributed by atoms with Crippen LogP contribution in [-0.4, -0.2) is 67.0 Å². The van der Waals surface area contributed by atoms with Gasteiger partial charge in [0.2, 0.25) is 5.90 Å². The van der Waals surface area contributed by atoms with Gasteiger partial charge in [0.15, 0.2) is 11.6 Å². The number of hydrogen-bond donors (Lipinski definition) is 2. The zero-order valence-corrected chi connectivity index (χ0v) is 25.8. The zero-order valence-electron chi connectivity index (χ0n) is 25.8. The summed E-state index contributed by atoms with van der Waals surface area (Å²) in [6.07, 6.45) is 4.21. The minimum atomic E-state index is -1.29. The van der Waals surface area contributed by atoms with Crippen molar-refractivity contribution in [2.75, 3.05) is 39.5 Å². The van der Waals surface area contributed by atoms with E-state index in [1.807, 2.05) is 102 Å². The topological polar surface area (TPSA) is 92.6 Å². The Labute approximate surface area is 269 Å².